The van der Waals surface area contributed by atoms with Crippen LogP contribution in [0.2, 0.25) is 0 Å². The van der Waals surface area contributed by atoms with E-state index in [-0.39, 0.29) is 23.2 Å². The molecule has 0 saturated carbocycles. The quantitative estimate of drug-likeness (QED) is 0.803. The highest BCUT2D eigenvalue weighted by Gasteiger charge is 2.34. The zero-order chi connectivity index (χ0) is 18.9. The SMILES string of the molecule is CC(C)C(=O)c1cnn2cc(OCCN3CCC(O)C(C)(C)C3)ccc12. The van der Waals surface area contributed by atoms with Gasteiger partial charge in [0.1, 0.15) is 12.4 Å². The first-order chi connectivity index (χ1) is 12.3. The molecule has 1 atom stereocenters. The number of Topliss-reactive ketones (excluding diaryl/α,β-unsaturated/α-hetero) is 1. The van der Waals surface area contributed by atoms with Gasteiger partial charge in [0.05, 0.1) is 29.6 Å². The number of likely N-dealkylation sites (tertiary alicyclic amines) is 1. The van der Waals surface area contributed by atoms with Crippen molar-refractivity contribution < 1.29 is 14.6 Å². The van der Waals surface area contributed by atoms with Gasteiger partial charge in [0.2, 0.25) is 0 Å². The number of aliphatic hydroxyl groups is 1. The Hall–Kier alpha value is -1.92. The van der Waals surface area contributed by atoms with Gasteiger partial charge < -0.3 is 9.84 Å². The van der Waals surface area contributed by atoms with Gasteiger partial charge in [-0.1, -0.05) is 27.7 Å². The second kappa shape index (κ2) is 7.37. The maximum absolute atomic E-state index is 12.2. The van der Waals surface area contributed by atoms with Crippen molar-refractivity contribution in [3.05, 3.63) is 30.1 Å². The Balaban J connectivity index is 1.59. The minimum Gasteiger partial charge on any atom is -0.491 e. The van der Waals surface area contributed by atoms with Crippen LogP contribution < -0.4 is 4.74 Å². The fraction of sp³-hybridized carbons (Fsp3) is 0.600. The van der Waals surface area contributed by atoms with Crippen LogP contribution in [0.5, 0.6) is 5.75 Å². The minimum absolute atomic E-state index is 0.0498. The van der Waals surface area contributed by atoms with Gasteiger partial charge >= 0.3 is 0 Å². The average Bonchev–Trinajstić information content (AvgIpc) is 3.00. The molecule has 1 aliphatic heterocycles. The molecule has 0 bridgehead atoms. The van der Waals surface area contributed by atoms with Crippen LogP contribution in [0.15, 0.2) is 24.5 Å². The van der Waals surface area contributed by atoms with Gasteiger partial charge in [0.15, 0.2) is 5.78 Å². The van der Waals surface area contributed by atoms with Crippen molar-refractivity contribution in [2.45, 2.75) is 40.2 Å². The molecule has 6 nitrogen and oxygen atoms in total. The number of ether oxygens (including phenoxy) is 1. The molecule has 0 spiro atoms. The predicted molar refractivity (Wildman–Crippen MR) is 101 cm³/mol. The maximum Gasteiger partial charge on any atom is 0.169 e. The molecular formula is C20H29N3O3. The van der Waals surface area contributed by atoms with E-state index in [1.807, 2.05) is 32.2 Å². The third-order valence-electron chi connectivity index (χ3n) is 5.21. The van der Waals surface area contributed by atoms with E-state index in [1.165, 1.54) is 0 Å². The summed E-state index contributed by atoms with van der Waals surface area (Å²) < 4.78 is 7.58. The summed E-state index contributed by atoms with van der Waals surface area (Å²) >= 11 is 0. The molecule has 3 rings (SSSR count). The third-order valence-corrected chi connectivity index (χ3v) is 5.21. The highest BCUT2D eigenvalue weighted by molar-refractivity contribution is 6.03. The molecule has 1 aliphatic rings. The highest BCUT2D eigenvalue weighted by Crippen LogP contribution is 2.28. The molecule has 142 valence electrons. The summed E-state index contributed by atoms with van der Waals surface area (Å²) in [6, 6.07) is 3.77. The van der Waals surface area contributed by atoms with Crippen molar-refractivity contribution in [1.82, 2.24) is 14.5 Å². The van der Waals surface area contributed by atoms with E-state index in [2.05, 4.69) is 23.8 Å². The van der Waals surface area contributed by atoms with Gasteiger partial charge in [-0.05, 0) is 18.6 Å². The summed E-state index contributed by atoms with van der Waals surface area (Å²) in [5, 5.41) is 14.3. The first-order valence-electron chi connectivity index (χ1n) is 9.33. The van der Waals surface area contributed by atoms with Crippen LogP contribution in [0, 0.1) is 11.3 Å². The largest absolute Gasteiger partial charge is 0.491 e. The summed E-state index contributed by atoms with van der Waals surface area (Å²) in [5.41, 5.74) is 1.38. The molecule has 26 heavy (non-hydrogen) atoms. The van der Waals surface area contributed by atoms with Crippen LogP contribution in [-0.2, 0) is 0 Å². The van der Waals surface area contributed by atoms with Crippen LogP contribution >= 0.6 is 0 Å². The van der Waals surface area contributed by atoms with Crippen molar-refractivity contribution in [3.8, 4) is 5.75 Å². The fourth-order valence-corrected chi connectivity index (χ4v) is 3.49. The lowest BCUT2D eigenvalue weighted by molar-refractivity contribution is -0.0271. The molecule has 0 amide bonds. The Kier molecular flexibility index (Phi) is 5.34. The number of carbonyl (C=O) groups excluding carboxylic acids is 1. The van der Waals surface area contributed by atoms with Gasteiger partial charge in [-0.3, -0.25) is 9.69 Å². The van der Waals surface area contributed by atoms with E-state index in [9.17, 15) is 9.90 Å². The van der Waals surface area contributed by atoms with E-state index >= 15 is 0 Å². The zero-order valence-electron chi connectivity index (χ0n) is 16.1. The molecule has 2 aromatic heterocycles. The summed E-state index contributed by atoms with van der Waals surface area (Å²) in [4.78, 5) is 14.6. The number of piperidine rings is 1. The Labute approximate surface area is 154 Å². The second-order valence-electron chi connectivity index (χ2n) is 8.19. The van der Waals surface area contributed by atoms with Gasteiger partial charge in [0, 0.05) is 31.0 Å². The van der Waals surface area contributed by atoms with Crippen molar-refractivity contribution in [2.24, 2.45) is 11.3 Å². The monoisotopic (exact) mass is 359 g/mol. The molecule has 0 aromatic carbocycles. The van der Waals surface area contributed by atoms with E-state index in [4.69, 9.17) is 4.74 Å². The Morgan fingerprint density at radius 1 is 1.42 bits per heavy atom. The topological polar surface area (TPSA) is 67.1 Å². The number of hydrogen-bond donors (Lipinski definition) is 1. The van der Waals surface area contributed by atoms with Gasteiger partial charge in [-0.25, -0.2) is 4.52 Å². The van der Waals surface area contributed by atoms with Crippen molar-refractivity contribution in [3.63, 3.8) is 0 Å². The van der Waals surface area contributed by atoms with Crippen LogP contribution in [0.25, 0.3) is 5.52 Å². The van der Waals surface area contributed by atoms with Crippen molar-refractivity contribution >= 4 is 11.3 Å². The predicted octanol–water partition coefficient (Wildman–Crippen LogP) is 2.64. The molecule has 1 fully saturated rings. The minimum atomic E-state index is -0.232. The summed E-state index contributed by atoms with van der Waals surface area (Å²) in [6.07, 6.45) is 4.02. The lowest BCUT2D eigenvalue weighted by Gasteiger charge is -2.41. The number of hydrogen-bond acceptors (Lipinski definition) is 5. The first kappa shape index (κ1) is 18.9. The van der Waals surface area contributed by atoms with Gasteiger partial charge in [-0.2, -0.15) is 5.10 Å². The number of nitrogens with zero attached hydrogens (tertiary/aromatic N) is 3. The van der Waals surface area contributed by atoms with E-state index in [1.54, 1.807) is 10.7 Å². The number of aliphatic hydroxyl groups excluding tert-OH is 1. The number of ketones is 1. The average molecular weight is 359 g/mol. The Morgan fingerprint density at radius 3 is 2.88 bits per heavy atom. The highest BCUT2D eigenvalue weighted by atomic mass is 16.5. The summed E-state index contributed by atoms with van der Waals surface area (Å²) in [7, 11) is 0. The van der Waals surface area contributed by atoms with E-state index in [0.717, 1.165) is 37.3 Å². The third kappa shape index (κ3) is 3.91. The van der Waals surface area contributed by atoms with E-state index < -0.39 is 0 Å². The lowest BCUT2D eigenvalue weighted by Crippen LogP contribution is -2.49. The molecule has 3 heterocycles. The molecule has 6 heteroatoms. The molecule has 1 N–H and O–H groups in total. The van der Waals surface area contributed by atoms with Crippen LogP contribution in [-0.4, -0.2) is 57.7 Å². The first-order valence-corrected chi connectivity index (χ1v) is 9.33. The molecule has 0 aliphatic carbocycles. The Bertz CT molecular complexity index is 782. The molecule has 0 radical (unpaired) electrons. The lowest BCUT2D eigenvalue weighted by atomic mass is 9.81. The summed E-state index contributed by atoms with van der Waals surface area (Å²) in [5.74, 6) is 0.787. The van der Waals surface area contributed by atoms with Gasteiger partial charge in [0.25, 0.3) is 0 Å². The number of pyridine rings is 1. The van der Waals surface area contributed by atoms with Crippen molar-refractivity contribution in [2.75, 3.05) is 26.2 Å². The molecule has 2 aromatic rings. The Morgan fingerprint density at radius 2 is 2.19 bits per heavy atom. The van der Waals surface area contributed by atoms with Crippen molar-refractivity contribution in [1.29, 1.82) is 0 Å². The smallest absolute Gasteiger partial charge is 0.169 e. The van der Waals surface area contributed by atoms with Crippen LogP contribution in [0.3, 0.4) is 0 Å². The zero-order valence-corrected chi connectivity index (χ0v) is 16.1. The molecule has 1 unspecified atom stereocenters. The molecule has 1 saturated heterocycles. The number of aromatic nitrogens is 2. The van der Waals surface area contributed by atoms with E-state index in [0.29, 0.717) is 12.2 Å². The van der Waals surface area contributed by atoms with Crippen LogP contribution in [0.1, 0.15) is 44.5 Å². The standard InChI is InChI=1S/C20H29N3O3/c1-14(2)19(25)16-11-21-23-12-15(5-6-17(16)23)26-10-9-22-8-7-18(24)20(3,4)13-22/h5-6,11-12,14,18,24H,7-10,13H2,1-4H3. The van der Waals surface area contributed by atoms with Crippen LogP contribution in [0.4, 0.5) is 0 Å². The van der Waals surface area contributed by atoms with Gasteiger partial charge in [-0.15, -0.1) is 0 Å². The number of rotatable bonds is 6. The second-order valence-corrected chi connectivity index (χ2v) is 8.19. The summed E-state index contributed by atoms with van der Waals surface area (Å²) in [6.45, 7) is 11.2. The number of fused-ring (bicyclic) bond motifs is 1. The number of carbonyl (C=O) groups is 1. The molecular weight excluding hydrogens is 330 g/mol. The normalized spacial score (nSPS) is 20.6. The maximum atomic E-state index is 12.2. The fourth-order valence-electron chi connectivity index (χ4n) is 3.49.